The number of hydrogen-bond acceptors (Lipinski definition) is 3. The number of rotatable bonds is 6. The summed E-state index contributed by atoms with van der Waals surface area (Å²) in [5.41, 5.74) is 6.53. The minimum absolute atomic E-state index is 0.179. The summed E-state index contributed by atoms with van der Waals surface area (Å²) in [4.78, 5) is 27.6. The van der Waals surface area contributed by atoms with Crippen LogP contribution >= 0.6 is 0 Å². The third kappa shape index (κ3) is 4.77. The zero-order chi connectivity index (χ0) is 27.9. The van der Waals surface area contributed by atoms with E-state index in [0.717, 1.165) is 31.5 Å². The van der Waals surface area contributed by atoms with Gasteiger partial charge >= 0.3 is 5.97 Å². The number of aryl methyl sites for hydroxylation is 1. The lowest BCUT2D eigenvalue weighted by Gasteiger charge is -2.46. The molecular formula is C35H38N2O3. The number of allylic oxidation sites excluding steroid dienone is 1. The summed E-state index contributed by atoms with van der Waals surface area (Å²) in [7, 11) is 0. The lowest BCUT2D eigenvalue weighted by Crippen LogP contribution is -2.50. The Kier molecular flexibility index (Phi) is 7.09. The topological polar surface area (TPSA) is 69.6 Å². The first-order valence-electron chi connectivity index (χ1n) is 14.6. The third-order valence-electron chi connectivity index (χ3n) is 9.77. The molecular weight excluding hydrogens is 496 g/mol. The molecule has 0 bridgehead atoms. The van der Waals surface area contributed by atoms with E-state index in [0.29, 0.717) is 29.0 Å². The average molecular weight is 535 g/mol. The first-order chi connectivity index (χ1) is 19.4. The first kappa shape index (κ1) is 26.5. The van der Waals surface area contributed by atoms with Gasteiger partial charge in [0, 0.05) is 23.6 Å². The maximum absolute atomic E-state index is 13.0. The van der Waals surface area contributed by atoms with Crippen LogP contribution in [0.1, 0.15) is 82.7 Å². The van der Waals surface area contributed by atoms with E-state index in [2.05, 4.69) is 66.5 Å². The maximum Gasteiger partial charge on any atom is 0.330 e. The zero-order valence-corrected chi connectivity index (χ0v) is 23.3. The number of piperidine rings is 1. The normalized spacial score (nSPS) is 26.5. The molecule has 2 N–H and O–H groups in total. The molecule has 1 aliphatic heterocycles. The molecule has 3 aromatic carbocycles. The van der Waals surface area contributed by atoms with E-state index >= 15 is 0 Å². The van der Waals surface area contributed by atoms with Crippen molar-refractivity contribution in [2.45, 2.75) is 62.9 Å². The highest BCUT2D eigenvalue weighted by atomic mass is 16.4. The second-order valence-corrected chi connectivity index (χ2v) is 12.0. The third-order valence-corrected chi connectivity index (χ3v) is 9.77. The number of carbonyl (C=O) groups excluding carboxylic acids is 1. The monoisotopic (exact) mass is 534 g/mol. The molecule has 1 heterocycles. The van der Waals surface area contributed by atoms with Crippen LogP contribution in [0, 0.1) is 12.8 Å². The summed E-state index contributed by atoms with van der Waals surface area (Å²) in [6, 6.07) is 23.1. The van der Waals surface area contributed by atoms with Gasteiger partial charge in [-0.2, -0.15) is 0 Å². The number of aliphatic carboxylic acids is 1. The highest BCUT2D eigenvalue weighted by Gasteiger charge is 2.45. The van der Waals surface area contributed by atoms with Gasteiger partial charge in [0.25, 0.3) is 5.91 Å². The number of carboxylic acid groups (broad SMARTS) is 1. The summed E-state index contributed by atoms with van der Waals surface area (Å²) in [5.74, 6) is -0.383. The van der Waals surface area contributed by atoms with Gasteiger partial charge in [0.2, 0.25) is 0 Å². The maximum atomic E-state index is 13.0. The molecule has 1 saturated carbocycles. The van der Waals surface area contributed by atoms with Crippen LogP contribution in [0.25, 0.3) is 6.08 Å². The van der Waals surface area contributed by atoms with Crippen LogP contribution in [0.5, 0.6) is 0 Å². The lowest BCUT2D eigenvalue weighted by atomic mass is 9.68. The van der Waals surface area contributed by atoms with Crippen molar-refractivity contribution < 1.29 is 14.7 Å². The second kappa shape index (κ2) is 10.7. The fraction of sp³-hybridized carbons (Fsp3) is 0.371. The number of carbonyl (C=O) groups is 2. The predicted molar refractivity (Wildman–Crippen MR) is 158 cm³/mol. The fourth-order valence-electron chi connectivity index (χ4n) is 7.55. The summed E-state index contributed by atoms with van der Waals surface area (Å²) < 4.78 is 0. The van der Waals surface area contributed by atoms with Crippen molar-refractivity contribution in [3.8, 4) is 0 Å². The minimum atomic E-state index is -1.08. The summed E-state index contributed by atoms with van der Waals surface area (Å²) in [6.45, 7) is 6.75. The molecule has 2 aliphatic carbocycles. The van der Waals surface area contributed by atoms with Crippen LogP contribution in [-0.2, 0) is 10.2 Å². The molecule has 5 heteroatoms. The van der Waals surface area contributed by atoms with E-state index in [-0.39, 0.29) is 11.3 Å². The highest BCUT2D eigenvalue weighted by molar-refractivity contribution is 5.97. The van der Waals surface area contributed by atoms with Crippen LogP contribution in [0.2, 0.25) is 0 Å². The first-order valence-corrected chi connectivity index (χ1v) is 14.6. The molecule has 5 atom stereocenters. The minimum Gasteiger partial charge on any atom is -0.479 e. The Balaban J connectivity index is 1.10. The SMILES string of the molecule is Cc1cc(C(=O)N[C@@H](C(=O)O)c2ccccc2)ccc1C1CCC(N2CCC3(C=Cc4ccccc43)[C@@H](C)C2)C1. The van der Waals surface area contributed by atoms with Crippen LogP contribution < -0.4 is 5.32 Å². The van der Waals surface area contributed by atoms with Gasteiger partial charge in [0.15, 0.2) is 6.04 Å². The predicted octanol–water partition coefficient (Wildman–Crippen LogP) is 6.49. The molecule has 3 aliphatic rings. The van der Waals surface area contributed by atoms with E-state index in [9.17, 15) is 14.7 Å². The Labute approximate surface area is 236 Å². The quantitative estimate of drug-likeness (QED) is 0.379. The molecule has 3 unspecified atom stereocenters. The average Bonchev–Trinajstić information content (AvgIpc) is 3.60. The zero-order valence-electron chi connectivity index (χ0n) is 23.3. The fourth-order valence-corrected chi connectivity index (χ4v) is 7.55. The molecule has 3 aromatic rings. The highest BCUT2D eigenvalue weighted by Crippen LogP contribution is 2.48. The molecule has 5 nitrogen and oxygen atoms in total. The molecule has 1 amide bonds. The molecule has 40 heavy (non-hydrogen) atoms. The van der Waals surface area contributed by atoms with Crippen molar-refractivity contribution in [2.24, 2.45) is 5.92 Å². The van der Waals surface area contributed by atoms with Crippen molar-refractivity contribution in [3.05, 3.63) is 112 Å². The van der Waals surface area contributed by atoms with E-state index in [1.54, 1.807) is 24.3 Å². The van der Waals surface area contributed by atoms with Crippen molar-refractivity contribution in [1.82, 2.24) is 10.2 Å². The number of benzene rings is 3. The summed E-state index contributed by atoms with van der Waals surface area (Å²) in [5, 5.41) is 12.4. The Hall–Kier alpha value is -3.70. The smallest absolute Gasteiger partial charge is 0.330 e. The molecule has 0 radical (unpaired) electrons. The Morgan fingerprint density at radius 2 is 1.80 bits per heavy atom. The van der Waals surface area contributed by atoms with Crippen LogP contribution in [-0.4, -0.2) is 41.0 Å². The largest absolute Gasteiger partial charge is 0.479 e. The van der Waals surface area contributed by atoms with Crippen LogP contribution in [0.3, 0.4) is 0 Å². The number of fused-ring (bicyclic) bond motifs is 2. The Bertz CT molecular complexity index is 1450. The van der Waals surface area contributed by atoms with Crippen molar-refractivity contribution in [3.63, 3.8) is 0 Å². The Morgan fingerprint density at radius 3 is 2.55 bits per heavy atom. The van der Waals surface area contributed by atoms with E-state index in [1.807, 2.05) is 18.2 Å². The molecule has 2 fully saturated rings. The van der Waals surface area contributed by atoms with Crippen molar-refractivity contribution >= 4 is 18.0 Å². The standard InChI is InChI=1S/C35H38N2O3/c1-23-20-28(33(38)36-32(34(39)40)26-9-4-3-5-10-26)13-15-30(23)27-12-14-29(21-27)37-19-18-35(24(2)22-37)17-16-25-8-6-7-11-31(25)35/h3-11,13,15-17,20,24,27,29,32H,12,14,18-19,21-22H2,1-2H3,(H,36,38)(H,39,40)/t24-,27?,29?,32+,35?/m0/s1. The molecule has 206 valence electrons. The van der Waals surface area contributed by atoms with E-state index in [1.165, 1.54) is 29.5 Å². The number of nitrogens with zero attached hydrogens (tertiary/aromatic N) is 1. The molecule has 1 spiro atoms. The number of carboxylic acids is 1. The van der Waals surface area contributed by atoms with Gasteiger partial charge in [0.1, 0.15) is 0 Å². The summed E-state index contributed by atoms with van der Waals surface area (Å²) in [6.07, 6.45) is 9.47. The van der Waals surface area contributed by atoms with Gasteiger partial charge in [-0.1, -0.05) is 79.7 Å². The van der Waals surface area contributed by atoms with Crippen molar-refractivity contribution in [1.29, 1.82) is 0 Å². The Morgan fingerprint density at radius 1 is 1.02 bits per heavy atom. The second-order valence-electron chi connectivity index (χ2n) is 12.0. The van der Waals surface area contributed by atoms with E-state index in [4.69, 9.17) is 0 Å². The molecule has 1 saturated heterocycles. The van der Waals surface area contributed by atoms with Gasteiger partial charge in [-0.05, 0) is 90.9 Å². The van der Waals surface area contributed by atoms with E-state index < -0.39 is 12.0 Å². The van der Waals surface area contributed by atoms with Crippen LogP contribution in [0.4, 0.5) is 0 Å². The molecule has 0 aromatic heterocycles. The number of nitrogens with one attached hydrogen (secondary N) is 1. The van der Waals surface area contributed by atoms with Gasteiger partial charge in [0.05, 0.1) is 0 Å². The van der Waals surface area contributed by atoms with Gasteiger partial charge < -0.3 is 15.3 Å². The number of hydrogen-bond donors (Lipinski definition) is 2. The number of amides is 1. The summed E-state index contributed by atoms with van der Waals surface area (Å²) >= 11 is 0. The van der Waals surface area contributed by atoms with Gasteiger partial charge in [-0.3, -0.25) is 4.79 Å². The van der Waals surface area contributed by atoms with Gasteiger partial charge in [-0.15, -0.1) is 0 Å². The van der Waals surface area contributed by atoms with Crippen molar-refractivity contribution in [2.75, 3.05) is 13.1 Å². The number of likely N-dealkylation sites (tertiary alicyclic amines) is 1. The lowest BCUT2D eigenvalue weighted by molar-refractivity contribution is -0.139. The van der Waals surface area contributed by atoms with Gasteiger partial charge in [-0.25, -0.2) is 4.79 Å². The molecule has 6 rings (SSSR count). The van der Waals surface area contributed by atoms with Crippen LogP contribution in [0.15, 0.2) is 78.9 Å².